The quantitative estimate of drug-likeness (QED) is 0.580. The number of hydrogen-bond donors (Lipinski definition) is 0. The molecule has 3 rings (SSSR count). The van der Waals surface area contributed by atoms with Crippen molar-refractivity contribution in [2.75, 3.05) is 0 Å². The Bertz CT molecular complexity index is 441. The molecule has 3 aliphatic rings. The van der Waals surface area contributed by atoms with E-state index in [2.05, 4.69) is 6.58 Å². The lowest BCUT2D eigenvalue weighted by Crippen LogP contribution is -2.50. The number of esters is 2. The third-order valence-electron chi connectivity index (χ3n) is 4.90. The zero-order valence-corrected chi connectivity index (χ0v) is 11.3. The van der Waals surface area contributed by atoms with Crippen LogP contribution in [0.15, 0.2) is 12.2 Å². The van der Waals surface area contributed by atoms with Gasteiger partial charge < -0.3 is 9.47 Å². The standard InChI is InChI=1S/C15H20O4/c1-9(2)14(17)19-15(12-5-6-13(16)18-12)8-10-3-4-11(15)7-10/h10-12H,1,3-8H2,2H3. The van der Waals surface area contributed by atoms with Crippen molar-refractivity contribution in [1.82, 2.24) is 0 Å². The minimum atomic E-state index is -0.578. The van der Waals surface area contributed by atoms with Crippen molar-refractivity contribution in [3.05, 3.63) is 12.2 Å². The molecule has 2 saturated carbocycles. The van der Waals surface area contributed by atoms with Crippen molar-refractivity contribution in [3.63, 3.8) is 0 Å². The molecular weight excluding hydrogens is 244 g/mol. The van der Waals surface area contributed by atoms with Gasteiger partial charge in [-0.15, -0.1) is 0 Å². The topological polar surface area (TPSA) is 52.6 Å². The van der Waals surface area contributed by atoms with E-state index in [1.165, 1.54) is 6.42 Å². The first-order valence-corrected chi connectivity index (χ1v) is 7.09. The van der Waals surface area contributed by atoms with Crippen molar-refractivity contribution >= 4 is 11.9 Å². The fourth-order valence-corrected chi connectivity index (χ4v) is 4.04. The van der Waals surface area contributed by atoms with Crippen LogP contribution >= 0.6 is 0 Å². The maximum absolute atomic E-state index is 12.0. The van der Waals surface area contributed by atoms with Crippen LogP contribution in [0, 0.1) is 11.8 Å². The molecule has 0 aromatic heterocycles. The van der Waals surface area contributed by atoms with Gasteiger partial charge in [0.15, 0.2) is 5.60 Å². The third-order valence-corrected chi connectivity index (χ3v) is 4.90. The largest absolute Gasteiger partial charge is 0.458 e. The van der Waals surface area contributed by atoms with Crippen LogP contribution in [0.2, 0.25) is 0 Å². The van der Waals surface area contributed by atoms with Gasteiger partial charge in [0.05, 0.1) is 0 Å². The Kier molecular flexibility index (Phi) is 2.91. The van der Waals surface area contributed by atoms with Gasteiger partial charge in [0, 0.05) is 17.9 Å². The number of cyclic esters (lactones) is 1. The van der Waals surface area contributed by atoms with Gasteiger partial charge in [-0.05, 0) is 44.9 Å². The summed E-state index contributed by atoms with van der Waals surface area (Å²) < 4.78 is 11.2. The average Bonchev–Trinajstić information content (AvgIpc) is 3.03. The molecule has 0 spiro atoms. The molecule has 19 heavy (non-hydrogen) atoms. The van der Waals surface area contributed by atoms with E-state index in [4.69, 9.17) is 9.47 Å². The molecule has 4 heteroatoms. The summed E-state index contributed by atoms with van der Waals surface area (Å²) in [5.74, 6) is 0.438. The second-order valence-corrected chi connectivity index (χ2v) is 6.22. The van der Waals surface area contributed by atoms with Crippen molar-refractivity contribution < 1.29 is 19.1 Å². The first kappa shape index (κ1) is 12.7. The molecule has 4 nitrogen and oxygen atoms in total. The lowest BCUT2D eigenvalue weighted by atomic mass is 9.78. The van der Waals surface area contributed by atoms with E-state index in [9.17, 15) is 9.59 Å². The number of ether oxygens (including phenoxy) is 2. The smallest absolute Gasteiger partial charge is 0.333 e. The molecule has 0 aromatic carbocycles. The van der Waals surface area contributed by atoms with Crippen LogP contribution in [0.25, 0.3) is 0 Å². The highest BCUT2D eigenvalue weighted by molar-refractivity contribution is 5.87. The molecule has 3 fully saturated rings. The maximum atomic E-state index is 12.0. The minimum absolute atomic E-state index is 0.168. The molecule has 1 saturated heterocycles. The summed E-state index contributed by atoms with van der Waals surface area (Å²) in [7, 11) is 0. The van der Waals surface area contributed by atoms with Crippen LogP contribution < -0.4 is 0 Å². The first-order chi connectivity index (χ1) is 9.01. The van der Waals surface area contributed by atoms with E-state index in [1.54, 1.807) is 6.92 Å². The first-order valence-electron chi connectivity index (χ1n) is 7.09. The molecular formula is C15H20O4. The summed E-state index contributed by atoms with van der Waals surface area (Å²) in [5.41, 5.74) is -0.169. The zero-order valence-electron chi connectivity index (χ0n) is 11.3. The Morgan fingerprint density at radius 1 is 1.42 bits per heavy atom. The summed E-state index contributed by atoms with van der Waals surface area (Å²) >= 11 is 0. The fraction of sp³-hybridized carbons (Fsp3) is 0.733. The molecule has 2 bridgehead atoms. The lowest BCUT2D eigenvalue weighted by Gasteiger charge is -2.40. The summed E-state index contributed by atoms with van der Waals surface area (Å²) in [5, 5.41) is 0. The predicted molar refractivity (Wildman–Crippen MR) is 68.2 cm³/mol. The molecule has 0 radical (unpaired) electrons. The molecule has 104 valence electrons. The van der Waals surface area contributed by atoms with Gasteiger partial charge in [-0.25, -0.2) is 4.79 Å². The van der Waals surface area contributed by atoms with Crippen LogP contribution in [-0.2, 0) is 19.1 Å². The molecule has 4 unspecified atom stereocenters. The third kappa shape index (κ3) is 1.97. The molecule has 4 atom stereocenters. The van der Waals surface area contributed by atoms with E-state index in [1.807, 2.05) is 0 Å². The summed E-state index contributed by atoms with van der Waals surface area (Å²) in [6.07, 6.45) is 5.07. The van der Waals surface area contributed by atoms with Gasteiger partial charge in [0.1, 0.15) is 6.10 Å². The number of hydrogen-bond acceptors (Lipinski definition) is 4. The van der Waals surface area contributed by atoms with Crippen LogP contribution in [-0.4, -0.2) is 23.6 Å². The van der Waals surface area contributed by atoms with Gasteiger partial charge in [-0.3, -0.25) is 4.79 Å². The normalized spacial score (nSPS) is 40.3. The second-order valence-electron chi connectivity index (χ2n) is 6.22. The lowest BCUT2D eigenvalue weighted by molar-refractivity contribution is -0.185. The van der Waals surface area contributed by atoms with Crippen molar-refractivity contribution in [3.8, 4) is 0 Å². The molecule has 1 heterocycles. The summed E-state index contributed by atoms with van der Waals surface area (Å²) in [6, 6.07) is 0. The number of carbonyl (C=O) groups is 2. The average molecular weight is 264 g/mol. The highest BCUT2D eigenvalue weighted by atomic mass is 16.6. The van der Waals surface area contributed by atoms with Crippen LogP contribution in [0.3, 0.4) is 0 Å². The highest BCUT2D eigenvalue weighted by Gasteiger charge is 2.60. The van der Waals surface area contributed by atoms with E-state index in [-0.39, 0.29) is 18.0 Å². The van der Waals surface area contributed by atoms with Crippen molar-refractivity contribution in [2.45, 2.75) is 57.2 Å². The molecule has 0 amide bonds. The monoisotopic (exact) mass is 264 g/mol. The summed E-state index contributed by atoms with van der Waals surface area (Å²) in [4.78, 5) is 23.4. The maximum Gasteiger partial charge on any atom is 0.333 e. The van der Waals surface area contributed by atoms with Gasteiger partial charge in [-0.1, -0.05) is 6.58 Å². The van der Waals surface area contributed by atoms with E-state index in [0.717, 1.165) is 19.3 Å². The zero-order chi connectivity index (χ0) is 13.6. The van der Waals surface area contributed by atoms with Crippen LogP contribution in [0.1, 0.15) is 45.4 Å². The van der Waals surface area contributed by atoms with E-state index in [0.29, 0.717) is 30.3 Å². The minimum Gasteiger partial charge on any atom is -0.458 e. The molecule has 0 N–H and O–H groups in total. The van der Waals surface area contributed by atoms with Gasteiger partial charge in [0.25, 0.3) is 0 Å². The molecule has 0 aromatic rings. The second kappa shape index (κ2) is 4.36. The van der Waals surface area contributed by atoms with Gasteiger partial charge in [0.2, 0.25) is 0 Å². The van der Waals surface area contributed by atoms with Crippen molar-refractivity contribution in [1.29, 1.82) is 0 Å². The van der Waals surface area contributed by atoms with Crippen molar-refractivity contribution in [2.24, 2.45) is 11.8 Å². The Morgan fingerprint density at radius 3 is 2.68 bits per heavy atom. The summed E-state index contributed by atoms with van der Waals surface area (Å²) in [6.45, 7) is 5.31. The Balaban J connectivity index is 1.86. The molecule has 2 aliphatic carbocycles. The number of rotatable bonds is 3. The fourth-order valence-electron chi connectivity index (χ4n) is 4.04. The van der Waals surface area contributed by atoms with Gasteiger partial charge in [-0.2, -0.15) is 0 Å². The van der Waals surface area contributed by atoms with E-state index < -0.39 is 5.60 Å². The van der Waals surface area contributed by atoms with Crippen LogP contribution in [0.5, 0.6) is 0 Å². The predicted octanol–water partition coefficient (Wildman–Crippen LogP) is 2.37. The molecule has 1 aliphatic heterocycles. The SMILES string of the molecule is C=C(C)C(=O)OC1(C2CCC(=O)O2)CC2CCC1C2. The van der Waals surface area contributed by atoms with Gasteiger partial charge >= 0.3 is 11.9 Å². The Hall–Kier alpha value is -1.32. The highest BCUT2D eigenvalue weighted by Crippen LogP contribution is 2.56. The van der Waals surface area contributed by atoms with Crippen LogP contribution in [0.4, 0.5) is 0 Å². The number of fused-ring (bicyclic) bond motifs is 2. The Labute approximate surface area is 113 Å². The van der Waals surface area contributed by atoms with E-state index >= 15 is 0 Å². The Morgan fingerprint density at radius 2 is 2.21 bits per heavy atom. The number of carbonyl (C=O) groups excluding carboxylic acids is 2.